The SMILES string of the molecule is CCc1ccc(CCC(=O)N(CCc2ccccc2)[C@@H](CC)C(=O)NC2CCCCC2)cc1. The topological polar surface area (TPSA) is 49.4 Å². The van der Waals surface area contributed by atoms with E-state index in [-0.39, 0.29) is 17.9 Å². The van der Waals surface area contributed by atoms with Crippen LogP contribution in [-0.2, 0) is 28.9 Å². The van der Waals surface area contributed by atoms with E-state index >= 15 is 0 Å². The second-order valence-electron chi connectivity index (χ2n) is 9.26. The quantitative estimate of drug-likeness (QED) is 0.495. The molecule has 0 heterocycles. The van der Waals surface area contributed by atoms with Gasteiger partial charge in [0.1, 0.15) is 6.04 Å². The van der Waals surface area contributed by atoms with Crippen molar-refractivity contribution in [3.8, 4) is 0 Å². The van der Waals surface area contributed by atoms with Crippen LogP contribution in [0.1, 0.15) is 75.5 Å². The summed E-state index contributed by atoms with van der Waals surface area (Å²) in [4.78, 5) is 28.5. The van der Waals surface area contributed by atoms with E-state index in [4.69, 9.17) is 0 Å². The Kier molecular flexibility index (Phi) is 9.99. The van der Waals surface area contributed by atoms with Crippen LogP contribution in [-0.4, -0.2) is 35.3 Å². The lowest BCUT2D eigenvalue weighted by molar-refractivity contribution is -0.141. The van der Waals surface area contributed by atoms with Crippen LogP contribution in [0, 0.1) is 0 Å². The largest absolute Gasteiger partial charge is 0.352 e. The highest BCUT2D eigenvalue weighted by Crippen LogP contribution is 2.19. The Bertz CT molecular complexity index is 857. The van der Waals surface area contributed by atoms with Crippen molar-refractivity contribution in [2.24, 2.45) is 0 Å². The Balaban J connectivity index is 1.68. The van der Waals surface area contributed by atoms with Gasteiger partial charge in [-0.25, -0.2) is 0 Å². The van der Waals surface area contributed by atoms with Crippen LogP contribution in [0.2, 0.25) is 0 Å². The first-order chi connectivity index (χ1) is 16.1. The number of amides is 2. The Hall–Kier alpha value is -2.62. The standard InChI is InChI=1S/C29H40N2O2/c1-3-23-15-17-25(18-16-23)19-20-28(32)31(22-21-24-11-7-5-8-12-24)27(4-2)29(33)30-26-13-9-6-10-14-26/h5,7-8,11-12,15-18,26-27H,3-4,6,9-10,13-14,19-22H2,1-2H3,(H,30,33)/t27-/m0/s1. The van der Waals surface area contributed by atoms with E-state index in [0.29, 0.717) is 25.8 Å². The van der Waals surface area contributed by atoms with Crippen molar-refractivity contribution in [1.29, 1.82) is 0 Å². The van der Waals surface area contributed by atoms with Gasteiger partial charge in [0, 0.05) is 19.0 Å². The summed E-state index contributed by atoms with van der Waals surface area (Å²) in [5, 5.41) is 3.26. The number of carbonyl (C=O) groups excluding carboxylic acids is 2. The van der Waals surface area contributed by atoms with Gasteiger partial charge in [-0.05, 0) is 55.2 Å². The Labute approximate surface area is 199 Å². The summed E-state index contributed by atoms with van der Waals surface area (Å²) in [5.41, 5.74) is 3.66. The average molecular weight is 449 g/mol. The number of rotatable bonds is 11. The number of hydrogen-bond acceptors (Lipinski definition) is 2. The van der Waals surface area contributed by atoms with Gasteiger partial charge in [0.25, 0.3) is 0 Å². The molecular formula is C29H40N2O2. The second-order valence-corrected chi connectivity index (χ2v) is 9.26. The van der Waals surface area contributed by atoms with E-state index in [1.54, 1.807) is 0 Å². The molecule has 33 heavy (non-hydrogen) atoms. The summed E-state index contributed by atoms with van der Waals surface area (Å²) in [7, 11) is 0. The fourth-order valence-electron chi connectivity index (χ4n) is 4.78. The lowest BCUT2D eigenvalue weighted by atomic mass is 9.95. The third-order valence-electron chi connectivity index (χ3n) is 6.88. The van der Waals surface area contributed by atoms with Gasteiger partial charge < -0.3 is 10.2 Å². The zero-order valence-electron chi connectivity index (χ0n) is 20.4. The van der Waals surface area contributed by atoms with Crippen LogP contribution >= 0.6 is 0 Å². The van der Waals surface area contributed by atoms with Crippen LogP contribution in [0.15, 0.2) is 54.6 Å². The van der Waals surface area contributed by atoms with E-state index in [1.165, 1.54) is 36.0 Å². The van der Waals surface area contributed by atoms with Crippen molar-refractivity contribution in [3.63, 3.8) is 0 Å². The van der Waals surface area contributed by atoms with E-state index in [0.717, 1.165) is 25.7 Å². The minimum absolute atomic E-state index is 0.0121. The molecule has 0 saturated heterocycles. The number of nitrogens with one attached hydrogen (secondary N) is 1. The molecule has 4 heteroatoms. The molecular weight excluding hydrogens is 408 g/mol. The smallest absolute Gasteiger partial charge is 0.243 e. The molecule has 1 atom stereocenters. The monoisotopic (exact) mass is 448 g/mol. The van der Waals surface area contributed by atoms with Crippen molar-refractivity contribution in [1.82, 2.24) is 10.2 Å². The van der Waals surface area contributed by atoms with Gasteiger partial charge in [-0.2, -0.15) is 0 Å². The van der Waals surface area contributed by atoms with E-state index in [1.807, 2.05) is 30.0 Å². The zero-order valence-corrected chi connectivity index (χ0v) is 20.4. The molecule has 178 valence electrons. The number of nitrogens with zero attached hydrogens (tertiary/aromatic N) is 1. The molecule has 1 aliphatic rings. The number of hydrogen-bond donors (Lipinski definition) is 1. The van der Waals surface area contributed by atoms with E-state index in [2.05, 4.69) is 48.6 Å². The molecule has 0 unspecified atom stereocenters. The Morgan fingerprint density at radius 1 is 0.879 bits per heavy atom. The number of aryl methyl sites for hydroxylation is 2. The maximum Gasteiger partial charge on any atom is 0.243 e. The molecule has 2 amide bonds. The minimum atomic E-state index is -0.411. The third-order valence-corrected chi connectivity index (χ3v) is 6.88. The lowest BCUT2D eigenvalue weighted by Crippen LogP contribution is -2.52. The normalized spacial score (nSPS) is 15.1. The highest BCUT2D eigenvalue weighted by Gasteiger charge is 2.29. The summed E-state index contributed by atoms with van der Waals surface area (Å²) in [6.07, 6.45) is 9.23. The minimum Gasteiger partial charge on any atom is -0.352 e. The van der Waals surface area contributed by atoms with Gasteiger partial charge in [-0.15, -0.1) is 0 Å². The van der Waals surface area contributed by atoms with Crippen LogP contribution < -0.4 is 5.32 Å². The first-order valence-electron chi connectivity index (χ1n) is 12.8. The van der Waals surface area contributed by atoms with Crippen molar-refractivity contribution in [2.45, 2.75) is 90.1 Å². The van der Waals surface area contributed by atoms with Crippen molar-refractivity contribution in [3.05, 3.63) is 71.3 Å². The van der Waals surface area contributed by atoms with Crippen molar-refractivity contribution in [2.75, 3.05) is 6.54 Å². The molecule has 0 aliphatic heterocycles. The molecule has 1 aliphatic carbocycles. The van der Waals surface area contributed by atoms with Crippen LogP contribution in [0.3, 0.4) is 0 Å². The van der Waals surface area contributed by atoms with Gasteiger partial charge in [0.05, 0.1) is 0 Å². The van der Waals surface area contributed by atoms with E-state index in [9.17, 15) is 9.59 Å². The fraction of sp³-hybridized carbons (Fsp3) is 0.517. The maximum absolute atomic E-state index is 13.4. The lowest BCUT2D eigenvalue weighted by Gasteiger charge is -2.33. The summed E-state index contributed by atoms with van der Waals surface area (Å²) in [5.74, 6) is 0.0780. The van der Waals surface area contributed by atoms with Gasteiger partial charge in [-0.1, -0.05) is 87.7 Å². The molecule has 0 spiro atoms. The third kappa shape index (κ3) is 7.73. The molecule has 0 radical (unpaired) electrons. The summed E-state index contributed by atoms with van der Waals surface area (Å²) < 4.78 is 0. The van der Waals surface area contributed by atoms with Gasteiger partial charge in [0.2, 0.25) is 11.8 Å². The van der Waals surface area contributed by atoms with Gasteiger partial charge >= 0.3 is 0 Å². The van der Waals surface area contributed by atoms with Crippen molar-refractivity contribution >= 4 is 11.8 Å². The Morgan fingerprint density at radius 3 is 2.15 bits per heavy atom. The van der Waals surface area contributed by atoms with Crippen LogP contribution in [0.4, 0.5) is 0 Å². The molecule has 2 aromatic rings. The molecule has 1 N–H and O–H groups in total. The Morgan fingerprint density at radius 2 is 1.52 bits per heavy atom. The first-order valence-corrected chi connectivity index (χ1v) is 12.8. The molecule has 2 aromatic carbocycles. The number of benzene rings is 2. The molecule has 0 bridgehead atoms. The molecule has 0 aromatic heterocycles. The highest BCUT2D eigenvalue weighted by molar-refractivity contribution is 5.88. The summed E-state index contributed by atoms with van der Waals surface area (Å²) in [6, 6.07) is 18.6. The molecule has 1 fully saturated rings. The zero-order chi connectivity index (χ0) is 23.5. The predicted octanol–water partition coefficient (Wildman–Crippen LogP) is 5.48. The first kappa shape index (κ1) is 25.0. The predicted molar refractivity (Wildman–Crippen MR) is 135 cm³/mol. The average Bonchev–Trinajstić information content (AvgIpc) is 2.86. The molecule has 4 nitrogen and oxygen atoms in total. The summed E-state index contributed by atoms with van der Waals surface area (Å²) in [6.45, 7) is 4.72. The summed E-state index contributed by atoms with van der Waals surface area (Å²) >= 11 is 0. The number of carbonyl (C=O) groups is 2. The van der Waals surface area contributed by atoms with Gasteiger partial charge in [-0.3, -0.25) is 9.59 Å². The fourth-order valence-corrected chi connectivity index (χ4v) is 4.78. The molecule has 1 saturated carbocycles. The molecule has 3 rings (SSSR count). The highest BCUT2D eigenvalue weighted by atomic mass is 16.2. The van der Waals surface area contributed by atoms with Crippen molar-refractivity contribution < 1.29 is 9.59 Å². The van der Waals surface area contributed by atoms with E-state index < -0.39 is 6.04 Å². The van der Waals surface area contributed by atoms with Crippen LogP contribution in [0.5, 0.6) is 0 Å². The van der Waals surface area contributed by atoms with Crippen LogP contribution in [0.25, 0.3) is 0 Å². The van der Waals surface area contributed by atoms with Gasteiger partial charge in [0.15, 0.2) is 0 Å². The maximum atomic E-state index is 13.4. The second kappa shape index (κ2) is 13.2.